The zero-order valence-electron chi connectivity index (χ0n) is 10.6. The Balaban J connectivity index is 3.36. The van der Waals surface area contributed by atoms with Crippen LogP contribution in [0.1, 0.15) is 45.4 Å². The van der Waals surface area contributed by atoms with Crippen molar-refractivity contribution in [2.45, 2.75) is 51.6 Å². The molecule has 0 aromatic heterocycles. The molecule has 2 N–H and O–H groups in total. The van der Waals surface area contributed by atoms with E-state index < -0.39 is 6.10 Å². The van der Waals surface area contributed by atoms with Crippen LogP contribution < -0.4 is 0 Å². The maximum absolute atomic E-state index is 11.2. The van der Waals surface area contributed by atoms with Gasteiger partial charge >= 0.3 is 5.97 Å². The normalized spacial score (nSPS) is 12.9. The third kappa shape index (κ3) is 11.4. The molecule has 1 unspecified atom stereocenters. The quantitative estimate of drug-likeness (QED) is 0.349. The van der Waals surface area contributed by atoms with Crippen LogP contribution in [0.4, 0.5) is 0 Å². The molecule has 0 saturated heterocycles. The molecule has 4 nitrogen and oxygen atoms in total. The Kier molecular flexibility index (Phi) is 11.0. The van der Waals surface area contributed by atoms with Gasteiger partial charge in [0.25, 0.3) is 0 Å². The molecule has 0 aromatic carbocycles. The van der Waals surface area contributed by atoms with Gasteiger partial charge in [0.1, 0.15) is 12.7 Å². The second kappa shape index (κ2) is 11.6. The summed E-state index contributed by atoms with van der Waals surface area (Å²) in [6, 6.07) is 0. The molecule has 0 amide bonds. The number of aliphatic hydroxyl groups excluding tert-OH is 2. The minimum Gasteiger partial charge on any atom is -0.463 e. The molecule has 0 aliphatic rings. The van der Waals surface area contributed by atoms with Crippen molar-refractivity contribution in [2.24, 2.45) is 0 Å². The summed E-state index contributed by atoms with van der Waals surface area (Å²) in [5.41, 5.74) is 0. The van der Waals surface area contributed by atoms with Crippen LogP contribution in [0.2, 0.25) is 0 Å². The minimum atomic E-state index is -0.965. The highest BCUT2D eigenvalue weighted by Gasteiger charge is 2.06. The van der Waals surface area contributed by atoms with Crippen molar-refractivity contribution in [1.29, 1.82) is 0 Å². The summed E-state index contributed by atoms with van der Waals surface area (Å²) >= 11 is 0. The molecule has 0 aliphatic carbocycles. The van der Waals surface area contributed by atoms with Gasteiger partial charge in [-0.1, -0.05) is 31.9 Å². The monoisotopic (exact) mass is 244 g/mol. The first kappa shape index (κ1) is 16.1. The highest BCUT2D eigenvalue weighted by atomic mass is 16.5. The van der Waals surface area contributed by atoms with E-state index in [9.17, 15) is 4.79 Å². The van der Waals surface area contributed by atoms with Crippen molar-refractivity contribution in [3.8, 4) is 0 Å². The van der Waals surface area contributed by atoms with Crippen molar-refractivity contribution >= 4 is 5.97 Å². The fourth-order valence-electron chi connectivity index (χ4n) is 1.24. The Bertz CT molecular complexity index is 213. The van der Waals surface area contributed by atoms with Gasteiger partial charge in [0, 0.05) is 6.42 Å². The molecule has 0 aromatic rings. The van der Waals surface area contributed by atoms with E-state index in [2.05, 4.69) is 19.1 Å². The van der Waals surface area contributed by atoms with Crippen molar-refractivity contribution < 1.29 is 19.7 Å². The van der Waals surface area contributed by atoms with E-state index >= 15 is 0 Å². The molecule has 100 valence electrons. The molecule has 0 fully saturated rings. The van der Waals surface area contributed by atoms with Gasteiger partial charge in [0.2, 0.25) is 0 Å². The van der Waals surface area contributed by atoms with Crippen LogP contribution in [-0.2, 0) is 9.53 Å². The standard InChI is InChI=1S/C13H24O4/c1-2-3-4-5-6-7-8-9-13(16)17-11-12(15)10-14/h5-6,12,14-15H,2-4,7-11H2,1H3/b6-5+. The zero-order valence-corrected chi connectivity index (χ0v) is 10.6. The number of esters is 1. The maximum atomic E-state index is 11.2. The lowest BCUT2D eigenvalue weighted by Gasteiger charge is -2.07. The van der Waals surface area contributed by atoms with E-state index in [4.69, 9.17) is 14.9 Å². The van der Waals surface area contributed by atoms with Crippen LogP contribution in [0.15, 0.2) is 12.2 Å². The predicted molar refractivity (Wildman–Crippen MR) is 66.6 cm³/mol. The number of carbonyl (C=O) groups is 1. The third-order valence-corrected chi connectivity index (χ3v) is 2.29. The van der Waals surface area contributed by atoms with Gasteiger partial charge < -0.3 is 14.9 Å². The molecule has 0 heterocycles. The third-order valence-electron chi connectivity index (χ3n) is 2.29. The molecular weight excluding hydrogens is 220 g/mol. The smallest absolute Gasteiger partial charge is 0.305 e. The first-order valence-corrected chi connectivity index (χ1v) is 6.30. The second-order valence-electron chi connectivity index (χ2n) is 4.03. The van der Waals surface area contributed by atoms with Gasteiger partial charge in [-0.25, -0.2) is 0 Å². The number of aliphatic hydroxyl groups is 2. The fraction of sp³-hybridized carbons (Fsp3) is 0.769. The molecule has 0 radical (unpaired) electrons. The van der Waals surface area contributed by atoms with E-state index in [-0.39, 0.29) is 19.2 Å². The molecule has 0 aliphatic heterocycles. The van der Waals surface area contributed by atoms with E-state index in [0.717, 1.165) is 19.3 Å². The van der Waals surface area contributed by atoms with Gasteiger partial charge in [0.05, 0.1) is 6.61 Å². The summed E-state index contributed by atoms with van der Waals surface area (Å²) in [7, 11) is 0. The lowest BCUT2D eigenvalue weighted by atomic mass is 10.2. The van der Waals surface area contributed by atoms with Gasteiger partial charge in [-0.15, -0.1) is 0 Å². The van der Waals surface area contributed by atoms with Crippen molar-refractivity contribution in [2.75, 3.05) is 13.2 Å². The van der Waals surface area contributed by atoms with Crippen LogP contribution in [0, 0.1) is 0 Å². The predicted octanol–water partition coefficient (Wildman–Crippen LogP) is 1.80. The van der Waals surface area contributed by atoms with Gasteiger partial charge in [-0.2, -0.15) is 0 Å². The van der Waals surface area contributed by atoms with E-state index in [1.165, 1.54) is 12.8 Å². The Morgan fingerprint density at radius 2 is 1.94 bits per heavy atom. The molecule has 0 rings (SSSR count). The summed E-state index contributed by atoms with van der Waals surface area (Å²) in [6.07, 6.45) is 8.77. The first-order valence-electron chi connectivity index (χ1n) is 6.30. The summed E-state index contributed by atoms with van der Waals surface area (Å²) in [5.74, 6) is -0.320. The second-order valence-corrected chi connectivity index (χ2v) is 4.03. The number of ether oxygens (including phenoxy) is 1. The van der Waals surface area contributed by atoms with E-state index in [1.807, 2.05) is 0 Å². The molecule has 1 atom stereocenters. The maximum Gasteiger partial charge on any atom is 0.305 e. The molecule has 4 heteroatoms. The topological polar surface area (TPSA) is 66.8 Å². The summed E-state index contributed by atoms with van der Waals surface area (Å²) in [4.78, 5) is 11.2. The SMILES string of the molecule is CCCC/C=C/CCCC(=O)OCC(O)CO. The van der Waals surface area contributed by atoms with Gasteiger partial charge in [-0.3, -0.25) is 4.79 Å². The average Bonchev–Trinajstić information content (AvgIpc) is 2.34. The molecule has 17 heavy (non-hydrogen) atoms. The van der Waals surface area contributed by atoms with Crippen molar-refractivity contribution in [1.82, 2.24) is 0 Å². The molecule has 0 saturated carbocycles. The van der Waals surface area contributed by atoms with Gasteiger partial charge in [0.15, 0.2) is 0 Å². The van der Waals surface area contributed by atoms with Crippen molar-refractivity contribution in [3.63, 3.8) is 0 Å². The van der Waals surface area contributed by atoms with E-state index in [0.29, 0.717) is 6.42 Å². The summed E-state index contributed by atoms with van der Waals surface area (Å²) in [6.45, 7) is 1.65. The fourth-order valence-corrected chi connectivity index (χ4v) is 1.24. The number of hydrogen-bond donors (Lipinski definition) is 2. The van der Waals surface area contributed by atoms with E-state index in [1.54, 1.807) is 0 Å². The Labute approximate surface area is 103 Å². The van der Waals surface area contributed by atoms with Crippen LogP contribution in [-0.4, -0.2) is 35.5 Å². The molecular formula is C13H24O4. The van der Waals surface area contributed by atoms with Gasteiger partial charge in [-0.05, 0) is 19.3 Å². The molecule has 0 bridgehead atoms. The Morgan fingerprint density at radius 1 is 1.29 bits per heavy atom. The van der Waals surface area contributed by atoms with Crippen LogP contribution in [0.5, 0.6) is 0 Å². The lowest BCUT2D eigenvalue weighted by molar-refractivity contribution is -0.147. The first-order chi connectivity index (χ1) is 8.20. The lowest BCUT2D eigenvalue weighted by Crippen LogP contribution is -2.21. The number of hydrogen-bond acceptors (Lipinski definition) is 4. The highest BCUT2D eigenvalue weighted by molar-refractivity contribution is 5.69. The zero-order chi connectivity index (χ0) is 12.9. The summed E-state index contributed by atoms with van der Waals surface area (Å²) < 4.78 is 4.77. The average molecular weight is 244 g/mol. The highest BCUT2D eigenvalue weighted by Crippen LogP contribution is 2.02. The Hall–Kier alpha value is -0.870. The molecule has 0 spiro atoms. The number of rotatable bonds is 10. The van der Waals surface area contributed by atoms with Crippen LogP contribution >= 0.6 is 0 Å². The van der Waals surface area contributed by atoms with Crippen LogP contribution in [0.25, 0.3) is 0 Å². The van der Waals surface area contributed by atoms with Crippen molar-refractivity contribution in [3.05, 3.63) is 12.2 Å². The number of unbranched alkanes of at least 4 members (excludes halogenated alkanes) is 3. The number of allylic oxidation sites excluding steroid dienone is 2. The summed E-state index contributed by atoms with van der Waals surface area (Å²) in [5, 5.41) is 17.5. The number of carbonyl (C=O) groups excluding carboxylic acids is 1. The minimum absolute atomic E-state index is 0.123. The van der Waals surface area contributed by atoms with Crippen LogP contribution in [0.3, 0.4) is 0 Å². The largest absolute Gasteiger partial charge is 0.463 e. The Morgan fingerprint density at radius 3 is 2.53 bits per heavy atom.